The number of aryl methyl sites for hydroxylation is 1. The zero-order valence-electron chi connectivity index (χ0n) is 5.82. The molecule has 0 fully saturated rings. The van der Waals surface area contributed by atoms with Crippen LogP contribution in [0.3, 0.4) is 0 Å². The Balaban J connectivity index is 2.91. The maximum atomic E-state index is 5.82. The molecule has 0 unspecified atom stereocenters. The third kappa shape index (κ3) is 0.952. The fourth-order valence-electron chi connectivity index (χ4n) is 0.930. The van der Waals surface area contributed by atoms with Crippen LogP contribution >= 0.6 is 11.6 Å². The molecular formula is C6H5ClN4. The molecule has 0 atom stereocenters. The summed E-state index contributed by atoms with van der Waals surface area (Å²) in [6, 6.07) is 3.68. The highest BCUT2D eigenvalue weighted by molar-refractivity contribution is 6.29. The minimum atomic E-state index is 0.532. The average Bonchev–Trinajstić information content (AvgIpc) is 2.34. The highest BCUT2D eigenvalue weighted by Gasteiger charge is 2.00. The van der Waals surface area contributed by atoms with Gasteiger partial charge in [0, 0.05) is 0 Å². The number of rotatable bonds is 0. The van der Waals surface area contributed by atoms with Gasteiger partial charge >= 0.3 is 0 Å². The summed E-state index contributed by atoms with van der Waals surface area (Å²) < 4.78 is 1.48. The molecule has 0 radical (unpaired) electrons. The number of aromatic nitrogens is 4. The van der Waals surface area contributed by atoms with Gasteiger partial charge in [-0.15, -0.1) is 5.10 Å². The van der Waals surface area contributed by atoms with E-state index in [0.29, 0.717) is 10.8 Å². The summed E-state index contributed by atoms with van der Waals surface area (Å²) in [5.74, 6) is 0. The molecule has 0 aliphatic heterocycles. The Bertz CT molecular complexity index is 394. The molecule has 2 heterocycles. The van der Waals surface area contributed by atoms with Gasteiger partial charge < -0.3 is 0 Å². The zero-order valence-corrected chi connectivity index (χ0v) is 6.58. The van der Waals surface area contributed by atoms with E-state index in [9.17, 15) is 0 Å². The quantitative estimate of drug-likeness (QED) is 0.553. The molecule has 11 heavy (non-hydrogen) atoms. The van der Waals surface area contributed by atoms with Gasteiger partial charge in [-0.05, 0) is 35.0 Å². The van der Waals surface area contributed by atoms with Crippen molar-refractivity contribution in [3.8, 4) is 0 Å². The summed E-state index contributed by atoms with van der Waals surface area (Å²) in [7, 11) is 0. The van der Waals surface area contributed by atoms with Gasteiger partial charge in [-0.2, -0.15) is 4.52 Å². The fourth-order valence-corrected chi connectivity index (χ4v) is 1.22. The maximum Gasteiger partial charge on any atom is 0.181 e. The van der Waals surface area contributed by atoms with Crippen molar-refractivity contribution in [3.63, 3.8) is 0 Å². The van der Waals surface area contributed by atoms with Crippen molar-refractivity contribution < 1.29 is 0 Å². The third-order valence-electron chi connectivity index (χ3n) is 1.40. The van der Waals surface area contributed by atoms with Crippen molar-refractivity contribution in [1.29, 1.82) is 0 Å². The predicted octanol–water partition coefficient (Wildman–Crippen LogP) is 1.09. The monoisotopic (exact) mass is 168 g/mol. The molecule has 4 nitrogen and oxygen atoms in total. The first kappa shape index (κ1) is 6.54. The van der Waals surface area contributed by atoms with E-state index in [1.54, 1.807) is 0 Å². The minimum absolute atomic E-state index is 0.532. The van der Waals surface area contributed by atoms with Gasteiger partial charge in [-0.25, -0.2) is 0 Å². The van der Waals surface area contributed by atoms with Gasteiger partial charge in [0.15, 0.2) is 5.65 Å². The van der Waals surface area contributed by atoms with Crippen molar-refractivity contribution >= 4 is 17.2 Å². The van der Waals surface area contributed by atoms with E-state index in [1.165, 1.54) is 4.52 Å². The maximum absolute atomic E-state index is 5.82. The van der Waals surface area contributed by atoms with E-state index in [4.69, 9.17) is 11.6 Å². The first-order chi connectivity index (χ1) is 5.27. The lowest BCUT2D eigenvalue weighted by Crippen LogP contribution is -1.89. The molecule has 0 bridgehead atoms. The second kappa shape index (κ2) is 2.17. The van der Waals surface area contributed by atoms with Crippen molar-refractivity contribution in [2.75, 3.05) is 0 Å². The van der Waals surface area contributed by atoms with Gasteiger partial charge in [-0.3, -0.25) is 0 Å². The topological polar surface area (TPSA) is 43.1 Å². The van der Waals surface area contributed by atoms with Crippen LogP contribution in [-0.2, 0) is 0 Å². The molecule has 0 saturated heterocycles. The van der Waals surface area contributed by atoms with E-state index in [1.807, 2.05) is 19.1 Å². The number of tetrazole rings is 1. The molecule has 0 aromatic carbocycles. The van der Waals surface area contributed by atoms with Crippen LogP contribution in [0.15, 0.2) is 12.1 Å². The second-order valence-corrected chi connectivity index (χ2v) is 2.69. The summed E-state index contributed by atoms with van der Waals surface area (Å²) in [5.41, 5.74) is 1.73. The van der Waals surface area contributed by atoms with E-state index in [-0.39, 0.29) is 0 Å². The molecule has 0 N–H and O–H groups in total. The Kier molecular flexibility index (Phi) is 1.29. The Morgan fingerprint density at radius 3 is 3.09 bits per heavy atom. The Hall–Kier alpha value is -1.16. The molecule has 2 rings (SSSR count). The van der Waals surface area contributed by atoms with E-state index >= 15 is 0 Å². The smallest absolute Gasteiger partial charge is 0.181 e. The number of hydrogen-bond acceptors (Lipinski definition) is 3. The lowest BCUT2D eigenvalue weighted by molar-refractivity contribution is 0.823. The molecule has 0 aliphatic rings. The minimum Gasteiger partial charge on any atom is -0.182 e. The number of pyridine rings is 1. The molecule has 5 heteroatoms. The zero-order chi connectivity index (χ0) is 7.84. The highest BCUT2D eigenvalue weighted by Crippen LogP contribution is 2.11. The second-order valence-electron chi connectivity index (χ2n) is 2.30. The molecule has 56 valence electrons. The first-order valence-electron chi connectivity index (χ1n) is 3.11. The normalized spacial score (nSPS) is 10.7. The third-order valence-corrected chi connectivity index (χ3v) is 1.67. The van der Waals surface area contributed by atoms with Crippen LogP contribution in [0.25, 0.3) is 5.65 Å². The Labute approximate surface area is 67.8 Å². The molecule has 0 amide bonds. The van der Waals surface area contributed by atoms with Crippen LogP contribution in [0.2, 0.25) is 5.15 Å². The number of nitrogens with zero attached hydrogens (tertiary/aromatic N) is 4. The van der Waals surface area contributed by atoms with Crippen LogP contribution < -0.4 is 0 Å². The van der Waals surface area contributed by atoms with Crippen molar-refractivity contribution in [2.24, 2.45) is 0 Å². The Morgan fingerprint density at radius 1 is 1.45 bits per heavy atom. The van der Waals surface area contributed by atoms with Crippen molar-refractivity contribution in [1.82, 2.24) is 20.0 Å². The predicted molar refractivity (Wildman–Crippen MR) is 40.5 cm³/mol. The number of hydrogen-bond donors (Lipinski definition) is 0. The van der Waals surface area contributed by atoms with Crippen molar-refractivity contribution in [3.05, 3.63) is 22.8 Å². The van der Waals surface area contributed by atoms with Gasteiger partial charge in [0.2, 0.25) is 0 Å². The molecular weight excluding hydrogens is 164 g/mol. The standard InChI is InChI=1S/C6H5ClN4/c1-4-2-5(7)11-6(3-4)8-9-10-11/h2-3H,1H3. The lowest BCUT2D eigenvalue weighted by Gasteiger charge is -1.94. The SMILES string of the molecule is Cc1cc(Cl)n2nnnc2c1. The van der Waals surface area contributed by atoms with E-state index in [2.05, 4.69) is 15.5 Å². The van der Waals surface area contributed by atoms with Gasteiger partial charge in [-0.1, -0.05) is 11.6 Å². The van der Waals surface area contributed by atoms with Crippen LogP contribution in [0.4, 0.5) is 0 Å². The fraction of sp³-hybridized carbons (Fsp3) is 0.167. The highest BCUT2D eigenvalue weighted by atomic mass is 35.5. The van der Waals surface area contributed by atoms with E-state index in [0.717, 1.165) is 5.56 Å². The van der Waals surface area contributed by atoms with Gasteiger partial charge in [0.05, 0.1) is 0 Å². The molecule has 2 aromatic rings. The molecule has 0 aliphatic carbocycles. The summed E-state index contributed by atoms with van der Waals surface area (Å²) in [4.78, 5) is 0. The van der Waals surface area contributed by atoms with E-state index < -0.39 is 0 Å². The average molecular weight is 169 g/mol. The van der Waals surface area contributed by atoms with Crippen LogP contribution in [0, 0.1) is 6.92 Å². The van der Waals surface area contributed by atoms with Crippen LogP contribution in [-0.4, -0.2) is 20.0 Å². The van der Waals surface area contributed by atoms with Crippen LogP contribution in [0.1, 0.15) is 5.56 Å². The summed E-state index contributed by atoms with van der Waals surface area (Å²) in [6.45, 7) is 1.94. The van der Waals surface area contributed by atoms with Gasteiger partial charge in [0.25, 0.3) is 0 Å². The summed E-state index contributed by atoms with van der Waals surface area (Å²) in [6.07, 6.45) is 0. The van der Waals surface area contributed by atoms with Gasteiger partial charge in [0.1, 0.15) is 5.15 Å². The molecule has 0 saturated carbocycles. The summed E-state index contributed by atoms with van der Waals surface area (Å²) in [5, 5.41) is 11.5. The summed E-state index contributed by atoms with van der Waals surface area (Å²) >= 11 is 5.82. The first-order valence-corrected chi connectivity index (χ1v) is 3.49. The Morgan fingerprint density at radius 2 is 2.27 bits per heavy atom. The molecule has 0 spiro atoms. The molecule has 2 aromatic heterocycles. The number of fused-ring (bicyclic) bond motifs is 1. The van der Waals surface area contributed by atoms with Crippen molar-refractivity contribution in [2.45, 2.75) is 6.92 Å². The van der Waals surface area contributed by atoms with Crippen LogP contribution in [0.5, 0.6) is 0 Å². The lowest BCUT2D eigenvalue weighted by atomic mass is 10.3. The largest absolute Gasteiger partial charge is 0.182 e. The number of halogens is 1.